The third kappa shape index (κ3) is 5.76. The summed E-state index contributed by atoms with van der Waals surface area (Å²) >= 11 is 1.57. The molecule has 8 nitrogen and oxygen atoms in total. The second kappa shape index (κ2) is 10.7. The molecule has 1 saturated carbocycles. The van der Waals surface area contributed by atoms with Crippen molar-refractivity contribution >= 4 is 29.1 Å². The van der Waals surface area contributed by atoms with Gasteiger partial charge in [-0.25, -0.2) is 9.37 Å². The van der Waals surface area contributed by atoms with Crippen LogP contribution in [0.5, 0.6) is 0 Å². The van der Waals surface area contributed by atoms with E-state index in [1.165, 1.54) is 4.90 Å². The van der Waals surface area contributed by atoms with Crippen molar-refractivity contribution in [2.24, 2.45) is 11.3 Å². The van der Waals surface area contributed by atoms with Crippen LogP contribution in [0.2, 0.25) is 0 Å². The van der Waals surface area contributed by atoms with Gasteiger partial charge in [-0.2, -0.15) is 0 Å². The van der Waals surface area contributed by atoms with Gasteiger partial charge in [0.05, 0.1) is 22.2 Å². The Morgan fingerprint density at radius 2 is 1.89 bits per heavy atom. The zero-order valence-corrected chi connectivity index (χ0v) is 23.4. The number of hydrogen-bond donors (Lipinski definition) is 3. The van der Waals surface area contributed by atoms with Crippen LogP contribution in [-0.4, -0.2) is 63.1 Å². The highest BCUT2D eigenvalue weighted by Gasteiger charge is 2.54. The fraction of sp³-hybridized carbons (Fsp3) is 0.571. The van der Waals surface area contributed by atoms with E-state index in [4.69, 9.17) is 0 Å². The summed E-state index contributed by atoms with van der Waals surface area (Å²) in [6.45, 7) is 9.74. The second-order valence-electron chi connectivity index (χ2n) is 11.4. The first-order valence-electron chi connectivity index (χ1n) is 13.1. The van der Waals surface area contributed by atoms with E-state index in [-0.39, 0.29) is 44.2 Å². The Hall–Kier alpha value is -2.85. The average Bonchev–Trinajstić information content (AvgIpc) is 3.29. The standard InChI is InChI=1S/C28H37FN4O4S/c1-16(2)27(4,5)23(32-26(37)28(29)10-11-28)25(36)33-14-20(34)12-21(33)24(35)30-13-18-6-8-19(9-7-18)22-17(3)31-15-38-22/h6-9,15-16,20-21,23,34H,10-14H2,1-5H3,(H,30,35)(H,32,37)/t20-,21-,23-/m0/s1. The van der Waals surface area contributed by atoms with Gasteiger partial charge >= 0.3 is 0 Å². The summed E-state index contributed by atoms with van der Waals surface area (Å²) in [5.41, 5.74) is 2.07. The fourth-order valence-electron chi connectivity index (χ4n) is 4.63. The topological polar surface area (TPSA) is 112 Å². The van der Waals surface area contributed by atoms with E-state index in [0.29, 0.717) is 0 Å². The Labute approximate surface area is 227 Å². The first-order chi connectivity index (χ1) is 17.8. The lowest BCUT2D eigenvalue weighted by atomic mass is 9.74. The predicted octanol–water partition coefficient (Wildman–Crippen LogP) is 3.37. The number of alkyl halides is 1. The maximum atomic E-state index is 14.5. The van der Waals surface area contributed by atoms with Crippen LogP contribution >= 0.6 is 11.3 Å². The lowest BCUT2D eigenvalue weighted by molar-refractivity contribution is -0.146. The lowest BCUT2D eigenvalue weighted by Gasteiger charge is -2.40. The van der Waals surface area contributed by atoms with Gasteiger partial charge in [-0.05, 0) is 42.2 Å². The van der Waals surface area contributed by atoms with Crippen molar-refractivity contribution in [3.63, 3.8) is 0 Å². The maximum absolute atomic E-state index is 14.5. The predicted molar refractivity (Wildman–Crippen MR) is 144 cm³/mol. The molecule has 1 aromatic heterocycles. The molecule has 0 unspecified atom stereocenters. The number of rotatable bonds is 9. The van der Waals surface area contributed by atoms with Crippen molar-refractivity contribution < 1.29 is 23.9 Å². The fourth-order valence-corrected chi connectivity index (χ4v) is 5.44. The number of aromatic nitrogens is 1. The molecule has 2 aliphatic rings. The van der Waals surface area contributed by atoms with Gasteiger partial charge in [0.25, 0.3) is 5.91 Å². The summed E-state index contributed by atoms with van der Waals surface area (Å²) in [5, 5.41) is 15.9. The van der Waals surface area contributed by atoms with Crippen molar-refractivity contribution in [3.8, 4) is 10.4 Å². The van der Waals surface area contributed by atoms with Crippen LogP contribution in [-0.2, 0) is 20.9 Å². The van der Waals surface area contributed by atoms with Gasteiger partial charge in [0, 0.05) is 19.5 Å². The van der Waals surface area contributed by atoms with Crippen LogP contribution in [0.25, 0.3) is 10.4 Å². The van der Waals surface area contributed by atoms with Crippen LogP contribution in [0, 0.1) is 18.3 Å². The van der Waals surface area contributed by atoms with E-state index in [2.05, 4.69) is 15.6 Å². The van der Waals surface area contributed by atoms with E-state index < -0.39 is 41.1 Å². The summed E-state index contributed by atoms with van der Waals surface area (Å²) in [6, 6.07) is 5.91. The van der Waals surface area contributed by atoms with E-state index >= 15 is 0 Å². The monoisotopic (exact) mass is 544 g/mol. The molecule has 3 atom stereocenters. The highest BCUT2D eigenvalue weighted by molar-refractivity contribution is 7.13. The normalized spacial score (nSPS) is 21.3. The lowest BCUT2D eigenvalue weighted by Crippen LogP contribution is -2.60. The van der Waals surface area contributed by atoms with E-state index in [9.17, 15) is 23.9 Å². The number of carbonyl (C=O) groups excluding carboxylic acids is 3. The molecule has 206 valence electrons. The van der Waals surface area contributed by atoms with Gasteiger partial charge in [0.1, 0.15) is 12.1 Å². The number of likely N-dealkylation sites (tertiary alicyclic amines) is 1. The van der Waals surface area contributed by atoms with Gasteiger partial charge in [0.15, 0.2) is 5.67 Å². The van der Waals surface area contributed by atoms with Crippen LogP contribution < -0.4 is 10.6 Å². The van der Waals surface area contributed by atoms with Crippen LogP contribution in [0.1, 0.15) is 58.2 Å². The number of carbonyl (C=O) groups is 3. The summed E-state index contributed by atoms with van der Waals surface area (Å²) < 4.78 is 14.5. The zero-order chi connectivity index (χ0) is 27.8. The molecule has 4 rings (SSSR count). The van der Waals surface area contributed by atoms with Crippen LogP contribution in [0.4, 0.5) is 4.39 Å². The minimum atomic E-state index is -1.93. The molecule has 2 aromatic rings. The largest absolute Gasteiger partial charge is 0.391 e. The number of halogens is 1. The van der Waals surface area contributed by atoms with Crippen molar-refractivity contribution in [1.29, 1.82) is 0 Å². The Balaban J connectivity index is 1.46. The highest BCUT2D eigenvalue weighted by atomic mass is 32.1. The number of thiazole rings is 1. The molecule has 0 radical (unpaired) electrons. The number of nitrogens with one attached hydrogen (secondary N) is 2. The van der Waals surface area contributed by atoms with Crippen LogP contribution in [0.3, 0.4) is 0 Å². The van der Waals surface area contributed by atoms with Crippen LogP contribution in [0.15, 0.2) is 29.8 Å². The Morgan fingerprint density at radius 3 is 2.45 bits per heavy atom. The Morgan fingerprint density at radius 1 is 1.24 bits per heavy atom. The molecule has 3 N–H and O–H groups in total. The van der Waals surface area contributed by atoms with E-state index in [1.807, 2.05) is 64.4 Å². The number of aliphatic hydroxyl groups is 1. The maximum Gasteiger partial charge on any atom is 0.258 e. The molecule has 1 aliphatic carbocycles. The van der Waals surface area contributed by atoms with Gasteiger partial charge in [-0.15, -0.1) is 11.3 Å². The molecule has 1 aliphatic heterocycles. The summed E-state index contributed by atoms with van der Waals surface area (Å²) in [7, 11) is 0. The first kappa shape index (κ1) is 28.2. The highest BCUT2D eigenvalue weighted by Crippen LogP contribution is 2.41. The molecule has 1 saturated heterocycles. The van der Waals surface area contributed by atoms with Gasteiger partial charge in [-0.1, -0.05) is 52.0 Å². The molecule has 2 heterocycles. The van der Waals surface area contributed by atoms with Gasteiger partial charge < -0.3 is 20.6 Å². The first-order valence-corrected chi connectivity index (χ1v) is 14.0. The third-order valence-corrected chi connectivity index (χ3v) is 9.12. The Bertz CT molecular complexity index is 1190. The Kier molecular flexibility index (Phi) is 7.95. The molecule has 3 amide bonds. The number of hydrogen-bond acceptors (Lipinski definition) is 6. The molecule has 1 aromatic carbocycles. The van der Waals surface area contributed by atoms with Gasteiger partial charge in [0.2, 0.25) is 11.8 Å². The summed E-state index contributed by atoms with van der Waals surface area (Å²) in [4.78, 5) is 46.3. The van der Waals surface area contributed by atoms with E-state index in [0.717, 1.165) is 21.7 Å². The van der Waals surface area contributed by atoms with Crippen molar-refractivity contribution in [1.82, 2.24) is 20.5 Å². The second-order valence-corrected chi connectivity index (χ2v) is 12.3. The molecular formula is C28H37FN4O4S. The minimum Gasteiger partial charge on any atom is -0.391 e. The zero-order valence-electron chi connectivity index (χ0n) is 22.6. The minimum absolute atomic E-state index is 0.0250. The third-order valence-electron chi connectivity index (χ3n) is 8.14. The van der Waals surface area contributed by atoms with Crippen molar-refractivity contribution in [2.75, 3.05) is 6.54 Å². The number of amides is 3. The molecule has 38 heavy (non-hydrogen) atoms. The molecule has 2 fully saturated rings. The number of β-amino-alcohol motifs (C(OH)–C–C–N with tert-alkyl or cyclic N) is 1. The summed E-state index contributed by atoms with van der Waals surface area (Å²) in [6.07, 6.45) is -0.497. The SMILES string of the molecule is Cc1ncsc1-c1ccc(CNC(=O)[C@@H]2C[C@H](O)CN2C(=O)[C@H](NC(=O)C2(F)CC2)C(C)(C)C(C)C)cc1. The number of benzene rings is 1. The van der Waals surface area contributed by atoms with Gasteiger partial charge in [-0.3, -0.25) is 14.4 Å². The molecule has 10 heteroatoms. The molecule has 0 bridgehead atoms. The number of nitrogens with zero attached hydrogens (tertiary/aromatic N) is 2. The smallest absolute Gasteiger partial charge is 0.258 e. The number of aliphatic hydroxyl groups excluding tert-OH is 1. The number of aryl methyl sites for hydroxylation is 1. The quantitative estimate of drug-likeness (QED) is 0.448. The average molecular weight is 545 g/mol. The van der Waals surface area contributed by atoms with Crippen molar-refractivity contribution in [3.05, 3.63) is 41.0 Å². The van der Waals surface area contributed by atoms with E-state index in [1.54, 1.807) is 11.3 Å². The molecular weight excluding hydrogens is 507 g/mol. The summed E-state index contributed by atoms with van der Waals surface area (Å²) in [5.74, 6) is -1.68. The van der Waals surface area contributed by atoms with Crippen molar-refractivity contribution in [2.45, 2.75) is 84.3 Å². The molecule has 0 spiro atoms.